The summed E-state index contributed by atoms with van der Waals surface area (Å²) in [5, 5.41) is 4.53. The van der Waals surface area contributed by atoms with E-state index in [4.69, 9.17) is 5.84 Å². The molecule has 0 amide bonds. The lowest BCUT2D eigenvalue weighted by Crippen LogP contribution is -2.29. The summed E-state index contributed by atoms with van der Waals surface area (Å²) in [6, 6.07) is 8.72. The van der Waals surface area contributed by atoms with E-state index in [1.165, 1.54) is 36.0 Å². The van der Waals surface area contributed by atoms with Gasteiger partial charge in [0.25, 0.3) is 0 Å². The van der Waals surface area contributed by atoms with Gasteiger partial charge in [-0.1, -0.05) is 18.2 Å². The van der Waals surface area contributed by atoms with Gasteiger partial charge >= 0.3 is 0 Å². The molecule has 0 saturated heterocycles. The summed E-state index contributed by atoms with van der Waals surface area (Å²) in [5.74, 6) is 5.74. The van der Waals surface area contributed by atoms with Crippen LogP contribution in [0.1, 0.15) is 40.5 Å². The van der Waals surface area contributed by atoms with Gasteiger partial charge in [-0.2, -0.15) is 5.10 Å². The number of aryl methyl sites for hydroxylation is 4. The monoisotopic (exact) mass is 256 g/mol. The number of nitrogens with one attached hydrogen (secondary N) is 1. The zero-order valence-corrected chi connectivity index (χ0v) is 11.5. The molecule has 0 radical (unpaired) electrons. The highest BCUT2D eigenvalue weighted by Gasteiger charge is 2.19. The van der Waals surface area contributed by atoms with E-state index in [2.05, 4.69) is 34.8 Å². The number of nitrogens with zero attached hydrogens (tertiary/aromatic N) is 2. The van der Waals surface area contributed by atoms with Crippen LogP contribution in [0.5, 0.6) is 0 Å². The Bertz CT molecular complexity index is 581. The van der Waals surface area contributed by atoms with Crippen molar-refractivity contribution in [2.75, 3.05) is 0 Å². The van der Waals surface area contributed by atoms with Crippen LogP contribution in [0.25, 0.3) is 0 Å². The highest BCUT2D eigenvalue weighted by atomic mass is 15.3. The lowest BCUT2D eigenvalue weighted by Gasteiger charge is -2.15. The van der Waals surface area contributed by atoms with E-state index < -0.39 is 0 Å². The Morgan fingerprint density at radius 3 is 2.74 bits per heavy atom. The number of nitrogens with two attached hydrogens (primary N) is 1. The zero-order valence-electron chi connectivity index (χ0n) is 11.5. The number of hydrazine groups is 1. The summed E-state index contributed by atoms with van der Waals surface area (Å²) in [5.41, 5.74) is 9.14. The Morgan fingerprint density at radius 1 is 1.26 bits per heavy atom. The number of hydrogen-bond donors (Lipinski definition) is 2. The standard InChI is InChI=1S/C15H20N4/c1-10-8-14(18-19(10)2)15(17-16)13-7-6-11-4-3-5-12(11)9-13/h6-9,15,17H,3-5,16H2,1-2H3. The molecule has 2 aromatic rings. The maximum absolute atomic E-state index is 5.74. The zero-order chi connectivity index (χ0) is 13.4. The second-order valence-electron chi connectivity index (χ2n) is 5.32. The van der Waals surface area contributed by atoms with Crippen LogP contribution in [0.4, 0.5) is 0 Å². The van der Waals surface area contributed by atoms with Crippen molar-refractivity contribution in [3.8, 4) is 0 Å². The largest absolute Gasteiger partial charge is 0.273 e. The lowest BCUT2D eigenvalue weighted by molar-refractivity contribution is 0.601. The van der Waals surface area contributed by atoms with Crippen LogP contribution in [-0.2, 0) is 19.9 Å². The lowest BCUT2D eigenvalue weighted by atomic mass is 9.99. The van der Waals surface area contributed by atoms with Crippen LogP contribution in [-0.4, -0.2) is 9.78 Å². The molecule has 4 heteroatoms. The normalized spacial score (nSPS) is 15.5. The molecule has 0 fully saturated rings. The molecular formula is C15H20N4. The van der Waals surface area contributed by atoms with Crippen molar-refractivity contribution in [2.45, 2.75) is 32.2 Å². The molecule has 19 heavy (non-hydrogen) atoms. The summed E-state index contributed by atoms with van der Waals surface area (Å²) in [7, 11) is 1.95. The fraction of sp³-hybridized carbons (Fsp3) is 0.400. The second kappa shape index (κ2) is 4.79. The number of fused-ring (bicyclic) bond motifs is 1. The summed E-state index contributed by atoms with van der Waals surface area (Å²) >= 11 is 0. The van der Waals surface area contributed by atoms with Gasteiger partial charge in [0.2, 0.25) is 0 Å². The van der Waals surface area contributed by atoms with E-state index in [1.807, 2.05) is 18.7 Å². The molecule has 1 heterocycles. The van der Waals surface area contributed by atoms with Crippen LogP contribution >= 0.6 is 0 Å². The highest BCUT2D eigenvalue weighted by Crippen LogP contribution is 2.27. The van der Waals surface area contributed by atoms with Gasteiger partial charge < -0.3 is 0 Å². The van der Waals surface area contributed by atoms with Crippen LogP contribution in [0.3, 0.4) is 0 Å². The van der Waals surface area contributed by atoms with E-state index in [0.717, 1.165) is 11.4 Å². The number of rotatable bonds is 3. The predicted molar refractivity (Wildman–Crippen MR) is 75.6 cm³/mol. The summed E-state index contributed by atoms with van der Waals surface area (Å²) < 4.78 is 1.88. The Kier molecular flexibility index (Phi) is 3.12. The van der Waals surface area contributed by atoms with E-state index in [9.17, 15) is 0 Å². The van der Waals surface area contributed by atoms with Gasteiger partial charge in [0.15, 0.2) is 0 Å². The maximum Gasteiger partial charge on any atom is 0.0900 e. The molecule has 1 aromatic heterocycles. The van der Waals surface area contributed by atoms with Gasteiger partial charge in [-0.25, -0.2) is 5.43 Å². The molecular weight excluding hydrogens is 236 g/mol. The van der Waals surface area contributed by atoms with Crippen molar-refractivity contribution in [3.63, 3.8) is 0 Å². The first-order chi connectivity index (χ1) is 9.19. The smallest absolute Gasteiger partial charge is 0.0900 e. The first-order valence-electron chi connectivity index (χ1n) is 6.77. The molecule has 1 aliphatic rings. The number of benzene rings is 1. The quantitative estimate of drug-likeness (QED) is 0.650. The molecule has 3 rings (SSSR count). The van der Waals surface area contributed by atoms with Crippen LogP contribution in [0.15, 0.2) is 24.3 Å². The van der Waals surface area contributed by atoms with Crippen molar-refractivity contribution in [1.82, 2.24) is 15.2 Å². The third-order valence-corrected chi connectivity index (χ3v) is 4.05. The van der Waals surface area contributed by atoms with Crippen molar-refractivity contribution < 1.29 is 0 Å². The Labute approximate surface area is 113 Å². The van der Waals surface area contributed by atoms with Gasteiger partial charge in [-0.3, -0.25) is 10.5 Å². The van der Waals surface area contributed by atoms with E-state index >= 15 is 0 Å². The van der Waals surface area contributed by atoms with Gasteiger partial charge in [-0.05, 0) is 48.9 Å². The molecule has 1 atom stereocenters. The minimum absolute atomic E-state index is 0.0363. The average molecular weight is 256 g/mol. The Balaban J connectivity index is 1.98. The van der Waals surface area contributed by atoms with E-state index in [1.54, 1.807) is 0 Å². The minimum Gasteiger partial charge on any atom is -0.273 e. The molecule has 4 nitrogen and oxygen atoms in total. The Hall–Kier alpha value is -1.65. The third-order valence-electron chi connectivity index (χ3n) is 4.05. The molecule has 100 valence electrons. The van der Waals surface area contributed by atoms with E-state index in [0.29, 0.717) is 0 Å². The summed E-state index contributed by atoms with van der Waals surface area (Å²) in [4.78, 5) is 0. The van der Waals surface area contributed by atoms with Crippen LogP contribution < -0.4 is 11.3 Å². The first-order valence-corrected chi connectivity index (χ1v) is 6.77. The Morgan fingerprint density at radius 2 is 2.05 bits per heavy atom. The first kappa shape index (κ1) is 12.4. The maximum atomic E-state index is 5.74. The van der Waals surface area contributed by atoms with Crippen molar-refractivity contribution >= 4 is 0 Å². The van der Waals surface area contributed by atoms with Crippen molar-refractivity contribution in [1.29, 1.82) is 0 Å². The SMILES string of the molecule is Cc1cc(C(NN)c2ccc3c(c2)CCC3)nn1C. The van der Waals surface area contributed by atoms with Gasteiger partial charge in [-0.15, -0.1) is 0 Å². The van der Waals surface area contributed by atoms with Gasteiger partial charge in [0.05, 0.1) is 11.7 Å². The minimum atomic E-state index is -0.0363. The van der Waals surface area contributed by atoms with Crippen molar-refractivity contribution in [3.05, 3.63) is 52.3 Å². The topological polar surface area (TPSA) is 55.9 Å². The van der Waals surface area contributed by atoms with Gasteiger partial charge in [0.1, 0.15) is 0 Å². The van der Waals surface area contributed by atoms with Crippen LogP contribution in [0, 0.1) is 6.92 Å². The highest BCUT2D eigenvalue weighted by molar-refractivity contribution is 5.39. The third kappa shape index (κ3) is 2.17. The predicted octanol–water partition coefficient (Wildman–Crippen LogP) is 1.77. The van der Waals surface area contributed by atoms with Gasteiger partial charge in [0, 0.05) is 12.7 Å². The molecule has 0 spiro atoms. The molecule has 1 unspecified atom stereocenters. The fourth-order valence-corrected chi connectivity index (χ4v) is 2.85. The fourth-order valence-electron chi connectivity index (χ4n) is 2.85. The second-order valence-corrected chi connectivity index (χ2v) is 5.32. The molecule has 3 N–H and O–H groups in total. The molecule has 1 aromatic carbocycles. The average Bonchev–Trinajstić information content (AvgIpc) is 2.98. The summed E-state index contributed by atoms with van der Waals surface area (Å²) in [6.45, 7) is 2.05. The van der Waals surface area contributed by atoms with Crippen LogP contribution in [0.2, 0.25) is 0 Å². The summed E-state index contributed by atoms with van der Waals surface area (Å²) in [6.07, 6.45) is 3.66. The molecule has 0 aliphatic heterocycles. The number of hydrogen-bond acceptors (Lipinski definition) is 3. The molecule has 0 bridgehead atoms. The number of aromatic nitrogens is 2. The van der Waals surface area contributed by atoms with E-state index in [-0.39, 0.29) is 6.04 Å². The van der Waals surface area contributed by atoms with Crippen molar-refractivity contribution in [2.24, 2.45) is 12.9 Å². The molecule has 1 aliphatic carbocycles. The molecule has 0 saturated carbocycles.